The van der Waals surface area contributed by atoms with Gasteiger partial charge >= 0.3 is 16.6 Å². The largest absolute Gasteiger partial charge is 0.492 e. The second kappa shape index (κ2) is 10.7. The Hall–Kier alpha value is -3.94. The molecular formula is C29H24F4N2O6S. The van der Waals surface area contributed by atoms with Gasteiger partial charge in [-0.15, -0.1) is 0 Å². The first kappa shape index (κ1) is 28.2. The standard InChI is InChI=1S/C29H24F4N2O6S/c30-13-17-15-35(16-17)9-10-39-20-4-1-18(2-5-20)28-27-23-8-6-21(41-42(36,37)38)12-25(23)34-14-24(27)22-7-3-19(29(31,32)33)11-26(22)40-28/h1-8,11-12,14,17,28H,9-10,13,15-16H2,(H,36,37,38)/t28-/m1/s1. The summed E-state index contributed by atoms with van der Waals surface area (Å²) in [7, 11) is -4.76. The maximum absolute atomic E-state index is 13.5. The van der Waals surface area contributed by atoms with Crippen LogP contribution in [0, 0.1) is 5.92 Å². The number of hydrogen-bond donors (Lipinski definition) is 1. The smallest absolute Gasteiger partial charge is 0.446 e. The first-order valence-corrected chi connectivity index (χ1v) is 14.3. The van der Waals surface area contributed by atoms with Crippen LogP contribution < -0.4 is 13.7 Å². The van der Waals surface area contributed by atoms with E-state index < -0.39 is 28.2 Å². The van der Waals surface area contributed by atoms with E-state index in [0.29, 0.717) is 65.1 Å². The SMILES string of the molecule is O=S(=O)(O)Oc1ccc2c3c(cnc2c1)-c1ccc(C(F)(F)F)cc1O[C@@H]3c1ccc(OCCN2CC(CF)C2)cc1. The number of halogens is 4. The number of benzene rings is 3. The Balaban J connectivity index is 1.35. The van der Waals surface area contributed by atoms with E-state index >= 15 is 0 Å². The van der Waals surface area contributed by atoms with E-state index in [9.17, 15) is 26.0 Å². The second-order valence-corrected chi connectivity index (χ2v) is 11.2. The zero-order valence-electron chi connectivity index (χ0n) is 21.8. The third kappa shape index (κ3) is 5.72. The molecular weight excluding hydrogens is 580 g/mol. The number of alkyl halides is 4. The molecule has 1 aromatic heterocycles. The van der Waals surface area contributed by atoms with E-state index in [0.717, 1.165) is 12.1 Å². The summed E-state index contributed by atoms with van der Waals surface area (Å²) < 4.78 is 101. The first-order valence-electron chi connectivity index (χ1n) is 13.0. The number of ether oxygens (including phenoxy) is 2. The molecule has 0 aliphatic carbocycles. The molecule has 0 spiro atoms. The van der Waals surface area contributed by atoms with E-state index in [-0.39, 0.29) is 24.1 Å². The third-order valence-electron chi connectivity index (χ3n) is 7.30. The van der Waals surface area contributed by atoms with Crippen molar-refractivity contribution in [1.29, 1.82) is 0 Å². The summed E-state index contributed by atoms with van der Waals surface area (Å²) in [5, 5.41) is 0.548. The van der Waals surface area contributed by atoms with Gasteiger partial charge in [0.15, 0.2) is 6.10 Å². The number of aromatic nitrogens is 1. The Labute approximate surface area is 238 Å². The molecule has 0 unspecified atom stereocenters. The molecule has 4 aromatic rings. The molecule has 3 heterocycles. The zero-order valence-corrected chi connectivity index (χ0v) is 22.7. The Morgan fingerprint density at radius 2 is 1.74 bits per heavy atom. The summed E-state index contributed by atoms with van der Waals surface area (Å²) in [5.41, 5.74) is 1.67. The molecule has 0 saturated carbocycles. The summed E-state index contributed by atoms with van der Waals surface area (Å²) >= 11 is 0. The van der Waals surface area contributed by atoms with Gasteiger partial charge in [0.2, 0.25) is 0 Å². The number of pyridine rings is 1. The summed E-state index contributed by atoms with van der Waals surface area (Å²) in [6.07, 6.45) is -3.93. The van der Waals surface area contributed by atoms with Crippen molar-refractivity contribution in [3.8, 4) is 28.4 Å². The highest BCUT2D eigenvalue weighted by molar-refractivity contribution is 7.81. The van der Waals surface area contributed by atoms with Crippen LogP contribution in [-0.2, 0) is 16.6 Å². The average molecular weight is 605 g/mol. The lowest BCUT2D eigenvalue weighted by Gasteiger charge is -2.37. The molecule has 0 amide bonds. The molecule has 1 atom stereocenters. The third-order valence-corrected chi connectivity index (χ3v) is 7.70. The summed E-state index contributed by atoms with van der Waals surface area (Å²) in [4.78, 5) is 6.49. The quantitative estimate of drug-likeness (QED) is 0.197. The zero-order chi connectivity index (χ0) is 29.6. The minimum absolute atomic E-state index is 0.0382. The van der Waals surface area contributed by atoms with Gasteiger partial charge in [-0.25, -0.2) is 0 Å². The van der Waals surface area contributed by atoms with Gasteiger partial charge in [0.1, 0.15) is 23.9 Å². The molecule has 6 rings (SSSR count). The second-order valence-electron chi connectivity index (χ2n) is 10.2. The van der Waals surface area contributed by atoms with Gasteiger partial charge < -0.3 is 13.7 Å². The van der Waals surface area contributed by atoms with Crippen LogP contribution in [0.3, 0.4) is 0 Å². The van der Waals surface area contributed by atoms with Crippen molar-refractivity contribution in [2.24, 2.45) is 5.92 Å². The van der Waals surface area contributed by atoms with Gasteiger partial charge in [-0.05, 0) is 48.0 Å². The monoisotopic (exact) mass is 604 g/mol. The number of hydrogen-bond acceptors (Lipinski definition) is 7. The van der Waals surface area contributed by atoms with E-state index in [1.54, 1.807) is 30.3 Å². The van der Waals surface area contributed by atoms with Gasteiger partial charge in [0.05, 0.1) is 17.8 Å². The van der Waals surface area contributed by atoms with Crippen LogP contribution in [0.2, 0.25) is 0 Å². The first-order chi connectivity index (χ1) is 20.0. The number of fused-ring (bicyclic) bond motifs is 5. The predicted molar refractivity (Wildman–Crippen MR) is 145 cm³/mol. The van der Waals surface area contributed by atoms with Crippen LogP contribution in [0.15, 0.2) is 66.9 Å². The molecule has 0 bridgehead atoms. The highest BCUT2D eigenvalue weighted by Gasteiger charge is 2.35. The molecule has 1 saturated heterocycles. The van der Waals surface area contributed by atoms with E-state index in [1.807, 2.05) is 0 Å². The van der Waals surface area contributed by atoms with Crippen molar-refractivity contribution in [1.82, 2.24) is 9.88 Å². The minimum Gasteiger partial charge on any atom is -0.492 e. The van der Waals surface area contributed by atoms with E-state index in [2.05, 4.69) is 14.1 Å². The molecule has 2 aliphatic heterocycles. The van der Waals surface area contributed by atoms with Gasteiger partial charge in [-0.2, -0.15) is 21.6 Å². The molecule has 0 radical (unpaired) electrons. The normalized spacial score (nSPS) is 17.2. The Morgan fingerprint density at radius 3 is 2.43 bits per heavy atom. The fourth-order valence-corrected chi connectivity index (χ4v) is 5.64. The summed E-state index contributed by atoms with van der Waals surface area (Å²) in [6, 6.07) is 14.5. The van der Waals surface area contributed by atoms with Crippen molar-refractivity contribution in [3.05, 3.63) is 83.6 Å². The molecule has 220 valence electrons. The van der Waals surface area contributed by atoms with E-state index in [1.165, 1.54) is 24.4 Å². The maximum atomic E-state index is 13.5. The molecule has 1 N–H and O–H groups in total. The van der Waals surface area contributed by atoms with Gasteiger partial charge in [-0.3, -0.25) is 18.8 Å². The van der Waals surface area contributed by atoms with Crippen LogP contribution in [-0.4, -0.2) is 55.8 Å². The molecule has 42 heavy (non-hydrogen) atoms. The van der Waals surface area contributed by atoms with E-state index in [4.69, 9.17) is 14.0 Å². The minimum atomic E-state index is -4.76. The molecule has 8 nitrogen and oxygen atoms in total. The average Bonchev–Trinajstić information content (AvgIpc) is 2.92. The fourth-order valence-electron chi connectivity index (χ4n) is 5.29. The van der Waals surface area contributed by atoms with Crippen LogP contribution in [0.25, 0.3) is 22.0 Å². The van der Waals surface area contributed by atoms with Gasteiger partial charge in [0, 0.05) is 59.9 Å². The molecule has 3 aromatic carbocycles. The Bertz CT molecular complexity index is 1740. The number of nitrogens with zero attached hydrogens (tertiary/aromatic N) is 2. The van der Waals surface area contributed by atoms with Crippen LogP contribution in [0.1, 0.15) is 22.8 Å². The van der Waals surface area contributed by atoms with Crippen LogP contribution >= 0.6 is 0 Å². The fraction of sp³-hybridized carbons (Fsp3) is 0.276. The summed E-state index contributed by atoms with van der Waals surface area (Å²) in [6.45, 7) is 2.18. The lowest BCUT2D eigenvalue weighted by molar-refractivity contribution is -0.137. The lowest BCUT2D eigenvalue weighted by Crippen LogP contribution is -2.49. The molecule has 2 aliphatic rings. The molecule has 1 fully saturated rings. The molecule has 13 heteroatoms. The van der Waals surface area contributed by atoms with Gasteiger partial charge in [0.25, 0.3) is 0 Å². The summed E-state index contributed by atoms with van der Waals surface area (Å²) in [5.74, 6) is 0.550. The van der Waals surface area contributed by atoms with Crippen molar-refractivity contribution in [3.63, 3.8) is 0 Å². The highest BCUT2D eigenvalue weighted by atomic mass is 32.3. The van der Waals surface area contributed by atoms with Crippen LogP contribution in [0.4, 0.5) is 17.6 Å². The maximum Gasteiger partial charge on any atom is 0.446 e. The highest BCUT2D eigenvalue weighted by Crippen LogP contribution is 2.49. The van der Waals surface area contributed by atoms with Crippen molar-refractivity contribution in [2.45, 2.75) is 12.3 Å². The Kier molecular flexibility index (Phi) is 7.19. The number of likely N-dealkylation sites (tertiary alicyclic amines) is 1. The van der Waals surface area contributed by atoms with Crippen molar-refractivity contribution >= 4 is 21.3 Å². The topological polar surface area (TPSA) is 98.2 Å². The lowest BCUT2D eigenvalue weighted by atomic mass is 9.87. The van der Waals surface area contributed by atoms with Gasteiger partial charge in [-0.1, -0.05) is 12.1 Å². The predicted octanol–water partition coefficient (Wildman–Crippen LogP) is 5.86. The van der Waals surface area contributed by atoms with Crippen LogP contribution in [0.5, 0.6) is 17.2 Å². The van der Waals surface area contributed by atoms with Crippen molar-refractivity contribution < 1.29 is 44.2 Å². The van der Waals surface area contributed by atoms with Crippen molar-refractivity contribution in [2.75, 3.05) is 32.9 Å². The Morgan fingerprint density at radius 1 is 1.00 bits per heavy atom. The number of rotatable bonds is 8.